The van der Waals surface area contributed by atoms with Gasteiger partial charge < -0.3 is 9.47 Å². The number of hydrogen-bond donors (Lipinski definition) is 0. The van der Waals surface area contributed by atoms with E-state index in [4.69, 9.17) is 0 Å². The predicted octanol–water partition coefficient (Wildman–Crippen LogP) is 0.930. The highest BCUT2D eigenvalue weighted by atomic mass is 16.6. The van der Waals surface area contributed by atoms with Gasteiger partial charge in [0.1, 0.15) is 0 Å². The minimum absolute atomic E-state index is 0.157. The Morgan fingerprint density at radius 2 is 0.950 bits per heavy atom. The first-order valence-electron chi connectivity index (χ1n) is 6.76. The summed E-state index contributed by atoms with van der Waals surface area (Å²) in [5.74, 6) is -6.26. The van der Waals surface area contributed by atoms with E-state index in [-0.39, 0.29) is 11.8 Å². The molecule has 4 atom stereocenters. The number of hydrogen-bond acceptors (Lipinski definition) is 6. The van der Waals surface area contributed by atoms with Crippen LogP contribution in [0.1, 0.15) is 27.7 Å². The van der Waals surface area contributed by atoms with Crippen LogP contribution in [-0.4, -0.2) is 23.9 Å². The third kappa shape index (κ3) is 2.13. The average molecular weight is 282 g/mol. The molecule has 2 heterocycles. The van der Waals surface area contributed by atoms with Crippen molar-refractivity contribution in [2.75, 3.05) is 0 Å². The molecule has 0 aliphatic carbocycles. The number of esters is 4. The van der Waals surface area contributed by atoms with Crippen LogP contribution in [0.2, 0.25) is 0 Å². The zero-order chi connectivity index (χ0) is 15.2. The molecule has 0 radical (unpaired) electrons. The van der Waals surface area contributed by atoms with Crippen molar-refractivity contribution in [3.63, 3.8) is 0 Å². The van der Waals surface area contributed by atoms with E-state index in [0.717, 1.165) is 0 Å². The zero-order valence-electron chi connectivity index (χ0n) is 11.9. The van der Waals surface area contributed by atoms with Gasteiger partial charge in [0.15, 0.2) is 0 Å². The van der Waals surface area contributed by atoms with Crippen molar-refractivity contribution in [2.45, 2.75) is 27.7 Å². The normalized spacial score (nSPS) is 34.1. The summed E-state index contributed by atoms with van der Waals surface area (Å²) >= 11 is 0. The Labute approximate surface area is 116 Å². The topological polar surface area (TPSA) is 86.7 Å². The molecule has 2 aliphatic rings. The summed E-state index contributed by atoms with van der Waals surface area (Å²) in [6, 6.07) is 0. The highest BCUT2D eigenvalue weighted by Gasteiger charge is 2.59. The molecule has 2 rings (SSSR count). The molecular formula is C14H18O6. The van der Waals surface area contributed by atoms with Crippen LogP contribution < -0.4 is 0 Å². The Bertz CT molecular complexity index is 434. The van der Waals surface area contributed by atoms with Crippen LogP contribution in [0.3, 0.4) is 0 Å². The molecule has 0 amide bonds. The van der Waals surface area contributed by atoms with Crippen molar-refractivity contribution in [3.05, 3.63) is 0 Å². The molecule has 20 heavy (non-hydrogen) atoms. The second kappa shape index (κ2) is 5.00. The summed E-state index contributed by atoms with van der Waals surface area (Å²) in [6.45, 7) is 7.13. The summed E-state index contributed by atoms with van der Waals surface area (Å²) < 4.78 is 9.35. The number of carbonyl (C=O) groups is 4. The van der Waals surface area contributed by atoms with Gasteiger partial charge in [-0.15, -0.1) is 0 Å². The van der Waals surface area contributed by atoms with Gasteiger partial charge in [0, 0.05) is 0 Å². The second-order valence-electron chi connectivity index (χ2n) is 6.07. The third-order valence-corrected chi connectivity index (χ3v) is 4.09. The fourth-order valence-electron chi connectivity index (χ4n) is 3.17. The Morgan fingerprint density at radius 1 is 0.650 bits per heavy atom. The lowest BCUT2D eigenvalue weighted by atomic mass is 9.70. The van der Waals surface area contributed by atoms with Gasteiger partial charge in [0.05, 0.1) is 23.7 Å². The van der Waals surface area contributed by atoms with Crippen molar-refractivity contribution in [2.24, 2.45) is 35.5 Å². The van der Waals surface area contributed by atoms with Gasteiger partial charge in [-0.05, 0) is 11.8 Å². The quantitative estimate of drug-likeness (QED) is 0.565. The van der Waals surface area contributed by atoms with Crippen LogP contribution in [0, 0.1) is 35.5 Å². The fourth-order valence-corrected chi connectivity index (χ4v) is 3.17. The monoisotopic (exact) mass is 282 g/mol. The summed E-state index contributed by atoms with van der Waals surface area (Å²) in [6.07, 6.45) is 0. The molecule has 0 N–H and O–H groups in total. The van der Waals surface area contributed by atoms with Gasteiger partial charge in [-0.25, -0.2) is 0 Å². The van der Waals surface area contributed by atoms with E-state index in [0.29, 0.717) is 0 Å². The lowest BCUT2D eigenvalue weighted by Crippen LogP contribution is -2.37. The Morgan fingerprint density at radius 3 is 1.20 bits per heavy atom. The number of ether oxygens (including phenoxy) is 2. The molecule has 110 valence electrons. The summed E-state index contributed by atoms with van der Waals surface area (Å²) in [5, 5.41) is 0. The molecule has 0 aromatic heterocycles. The lowest BCUT2D eigenvalue weighted by Gasteiger charge is -2.24. The van der Waals surface area contributed by atoms with Crippen molar-refractivity contribution in [1.29, 1.82) is 0 Å². The molecule has 0 bridgehead atoms. The average Bonchev–Trinajstić information content (AvgIpc) is 2.74. The highest BCUT2D eigenvalue weighted by Crippen LogP contribution is 2.44. The first kappa shape index (κ1) is 14.7. The van der Waals surface area contributed by atoms with E-state index in [1.807, 2.05) is 0 Å². The zero-order valence-corrected chi connectivity index (χ0v) is 11.9. The number of cyclic esters (lactones) is 4. The lowest BCUT2D eigenvalue weighted by molar-refractivity contribution is -0.158. The highest BCUT2D eigenvalue weighted by molar-refractivity contribution is 6.03. The summed E-state index contributed by atoms with van der Waals surface area (Å²) in [4.78, 5) is 47.4. The third-order valence-electron chi connectivity index (χ3n) is 4.09. The Balaban J connectivity index is 2.41. The van der Waals surface area contributed by atoms with E-state index in [1.54, 1.807) is 27.7 Å². The van der Waals surface area contributed by atoms with E-state index in [2.05, 4.69) is 9.47 Å². The van der Waals surface area contributed by atoms with Crippen molar-refractivity contribution in [1.82, 2.24) is 0 Å². The number of carbonyl (C=O) groups excluding carboxylic acids is 4. The standard InChI is InChI=1S/C14H18O6/c1-5(2)7-9(13(17)19-11(7)15)10-8(6(3)4)12(16)20-14(10)18/h5-10H,1-4H3/t7-,8+,9-,10?/m0/s1. The van der Waals surface area contributed by atoms with Crippen LogP contribution in [0.5, 0.6) is 0 Å². The second-order valence-corrected chi connectivity index (χ2v) is 6.07. The molecule has 2 aliphatic heterocycles. The maximum absolute atomic E-state index is 11.9. The van der Waals surface area contributed by atoms with Crippen LogP contribution >= 0.6 is 0 Å². The van der Waals surface area contributed by atoms with Crippen molar-refractivity contribution in [3.8, 4) is 0 Å². The van der Waals surface area contributed by atoms with E-state index >= 15 is 0 Å². The molecular weight excluding hydrogens is 264 g/mol. The van der Waals surface area contributed by atoms with E-state index in [9.17, 15) is 19.2 Å². The molecule has 2 fully saturated rings. The predicted molar refractivity (Wildman–Crippen MR) is 65.8 cm³/mol. The van der Waals surface area contributed by atoms with Gasteiger partial charge in [-0.2, -0.15) is 0 Å². The maximum atomic E-state index is 11.9. The van der Waals surface area contributed by atoms with Crippen molar-refractivity contribution < 1.29 is 28.7 Å². The van der Waals surface area contributed by atoms with Crippen LogP contribution in [-0.2, 0) is 28.7 Å². The smallest absolute Gasteiger partial charge is 0.318 e. The molecule has 0 aromatic rings. The molecule has 1 unspecified atom stereocenters. The van der Waals surface area contributed by atoms with Gasteiger partial charge in [-0.3, -0.25) is 19.2 Å². The minimum atomic E-state index is -0.922. The molecule has 2 saturated heterocycles. The van der Waals surface area contributed by atoms with E-state index < -0.39 is 47.5 Å². The number of rotatable bonds is 3. The fraction of sp³-hybridized carbons (Fsp3) is 0.714. The largest absolute Gasteiger partial charge is 0.393 e. The van der Waals surface area contributed by atoms with Crippen LogP contribution in [0.4, 0.5) is 0 Å². The summed E-state index contributed by atoms with van der Waals surface area (Å²) in [5.41, 5.74) is 0. The maximum Gasteiger partial charge on any atom is 0.318 e. The van der Waals surface area contributed by atoms with E-state index in [1.165, 1.54) is 0 Å². The van der Waals surface area contributed by atoms with Gasteiger partial charge in [0.2, 0.25) is 0 Å². The Kier molecular flexibility index (Phi) is 3.67. The van der Waals surface area contributed by atoms with Gasteiger partial charge >= 0.3 is 23.9 Å². The molecule has 6 nitrogen and oxygen atoms in total. The van der Waals surface area contributed by atoms with Crippen LogP contribution in [0.15, 0.2) is 0 Å². The molecule has 6 heteroatoms. The van der Waals surface area contributed by atoms with Gasteiger partial charge in [0.25, 0.3) is 0 Å². The Hall–Kier alpha value is -1.72. The first-order valence-corrected chi connectivity index (χ1v) is 6.76. The molecule has 0 saturated carbocycles. The molecule has 0 spiro atoms. The first-order chi connectivity index (χ1) is 9.25. The summed E-state index contributed by atoms with van der Waals surface area (Å²) in [7, 11) is 0. The van der Waals surface area contributed by atoms with Gasteiger partial charge in [-0.1, -0.05) is 27.7 Å². The van der Waals surface area contributed by atoms with Crippen LogP contribution in [0.25, 0.3) is 0 Å². The minimum Gasteiger partial charge on any atom is -0.393 e. The molecule has 0 aromatic carbocycles. The van der Waals surface area contributed by atoms with Crippen molar-refractivity contribution >= 4 is 23.9 Å². The SMILES string of the molecule is CC(C)[C@H]1C(=O)OC(=O)C1[C@H]1C(=O)OC(=O)[C@H]1C(C)C.